The molecule has 0 aliphatic carbocycles. The van der Waals surface area contributed by atoms with Crippen molar-refractivity contribution in [2.75, 3.05) is 44.4 Å². The molecular formula is C22H32N4OS. The maximum Gasteiger partial charge on any atom is 0.225 e. The maximum atomic E-state index is 5.98. The number of nitrogens with zero attached hydrogens (tertiary/aromatic N) is 4. The van der Waals surface area contributed by atoms with Crippen molar-refractivity contribution < 1.29 is 4.74 Å². The Morgan fingerprint density at radius 3 is 2.54 bits per heavy atom. The van der Waals surface area contributed by atoms with Gasteiger partial charge in [-0.2, -0.15) is 0 Å². The molecule has 0 bridgehead atoms. The van der Waals surface area contributed by atoms with E-state index in [1.54, 1.807) is 11.8 Å². The number of benzene rings is 1. The largest absolute Gasteiger partial charge is 0.492 e. The summed E-state index contributed by atoms with van der Waals surface area (Å²) in [6.45, 7) is 7.95. The molecule has 0 N–H and O–H groups in total. The van der Waals surface area contributed by atoms with Crippen LogP contribution in [0.5, 0.6) is 5.75 Å². The molecule has 1 aromatic carbocycles. The number of aromatic nitrogens is 2. The van der Waals surface area contributed by atoms with E-state index < -0.39 is 0 Å². The Bertz CT molecular complexity index is 745. The zero-order chi connectivity index (χ0) is 19.9. The third kappa shape index (κ3) is 5.39. The second-order valence-corrected chi connectivity index (χ2v) is 8.27. The summed E-state index contributed by atoms with van der Waals surface area (Å²) in [4.78, 5) is 15.1. The van der Waals surface area contributed by atoms with E-state index in [1.165, 1.54) is 16.0 Å². The predicted molar refractivity (Wildman–Crippen MR) is 118 cm³/mol. The van der Waals surface area contributed by atoms with Gasteiger partial charge in [0.05, 0.1) is 0 Å². The highest BCUT2D eigenvalue weighted by molar-refractivity contribution is 7.98. The molecule has 152 valence electrons. The molecule has 0 radical (unpaired) electrons. The first-order valence-corrected chi connectivity index (χ1v) is 11.4. The van der Waals surface area contributed by atoms with Crippen molar-refractivity contribution in [3.63, 3.8) is 0 Å². The zero-order valence-corrected chi connectivity index (χ0v) is 18.3. The highest BCUT2D eigenvalue weighted by Crippen LogP contribution is 2.24. The molecular weight excluding hydrogens is 368 g/mol. The summed E-state index contributed by atoms with van der Waals surface area (Å²) < 4.78 is 5.98. The van der Waals surface area contributed by atoms with Gasteiger partial charge in [-0.1, -0.05) is 6.92 Å². The van der Waals surface area contributed by atoms with Crippen molar-refractivity contribution in [2.45, 2.75) is 44.0 Å². The highest BCUT2D eigenvalue weighted by Gasteiger charge is 2.23. The molecule has 2 heterocycles. The van der Waals surface area contributed by atoms with Gasteiger partial charge < -0.3 is 9.64 Å². The van der Waals surface area contributed by atoms with Crippen LogP contribution in [0.3, 0.4) is 0 Å². The lowest BCUT2D eigenvalue weighted by Gasteiger charge is -2.36. The lowest BCUT2D eigenvalue weighted by Crippen LogP contribution is -2.45. The van der Waals surface area contributed by atoms with Crippen molar-refractivity contribution in [1.82, 2.24) is 14.9 Å². The zero-order valence-electron chi connectivity index (χ0n) is 17.5. The quantitative estimate of drug-likeness (QED) is 0.623. The van der Waals surface area contributed by atoms with E-state index >= 15 is 0 Å². The Labute approximate surface area is 173 Å². The van der Waals surface area contributed by atoms with Gasteiger partial charge >= 0.3 is 0 Å². The second kappa shape index (κ2) is 10.1. The minimum absolute atomic E-state index is 0.593. The predicted octanol–water partition coefficient (Wildman–Crippen LogP) is 4.05. The van der Waals surface area contributed by atoms with Crippen LogP contribution in [0.4, 0.5) is 5.95 Å². The lowest BCUT2D eigenvalue weighted by atomic mass is 10.0. The number of anilines is 1. The summed E-state index contributed by atoms with van der Waals surface area (Å²) in [6.07, 6.45) is 9.26. The first-order chi connectivity index (χ1) is 13.6. The highest BCUT2D eigenvalue weighted by atomic mass is 32.2. The average molecular weight is 401 g/mol. The Morgan fingerprint density at radius 1 is 1.21 bits per heavy atom. The molecule has 3 rings (SSSR count). The van der Waals surface area contributed by atoms with Crippen molar-refractivity contribution >= 4 is 17.7 Å². The van der Waals surface area contributed by atoms with Crippen molar-refractivity contribution in [2.24, 2.45) is 0 Å². The SMILES string of the molecule is CCc1cnc(N2CCC(N(C)CCOc3ccc(SC)c(C)c3)CC2)nc1. The molecule has 0 unspecified atom stereocenters. The van der Waals surface area contributed by atoms with E-state index in [0.717, 1.165) is 57.2 Å². The summed E-state index contributed by atoms with van der Waals surface area (Å²) >= 11 is 1.78. The van der Waals surface area contributed by atoms with Crippen LogP contribution in [-0.4, -0.2) is 60.5 Å². The van der Waals surface area contributed by atoms with Crippen molar-refractivity contribution in [3.8, 4) is 5.75 Å². The normalized spacial score (nSPS) is 15.2. The number of piperidine rings is 1. The van der Waals surface area contributed by atoms with Crippen LogP contribution in [0, 0.1) is 6.92 Å². The Balaban J connectivity index is 1.42. The monoisotopic (exact) mass is 400 g/mol. The molecule has 1 aliphatic rings. The first-order valence-electron chi connectivity index (χ1n) is 10.1. The number of hydrogen-bond acceptors (Lipinski definition) is 6. The van der Waals surface area contributed by atoms with E-state index in [-0.39, 0.29) is 0 Å². The van der Waals surface area contributed by atoms with Gasteiger partial charge in [-0.3, -0.25) is 4.90 Å². The topological polar surface area (TPSA) is 41.5 Å². The van der Waals surface area contributed by atoms with Gasteiger partial charge in [0.1, 0.15) is 12.4 Å². The van der Waals surface area contributed by atoms with Crippen molar-refractivity contribution in [1.29, 1.82) is 0 Å². The van der Waals surface area contributed by atoms with Gasteiger partial charge in [-0.15, -0.1) is 11.8 Å². The third-order valence-corrected chi connectivity index (χ3v) is 6.45. The van der Waals surface area contributed by atoms with Crippen LogP contribution in [0.2, 0.25) is 0 Å². The number of rotatable bonds is 8. The number of likely N-dealkylation sites (N-methyl/N-ethyl adjacent to an activating group) is 1. The van der Waals surface area contributed by atoms with Crippen LogP contribution >= 0.6 is 11.8 Å². The standard InChI is InChI=1S/C22H32N4OS/c1-5-18-15-23-22(24-16-18)26-10-8-19(9-11-26)25(3)12-13-27-20-6-7-21(28-4)17(2)14-20/h6-7,14-16,19H,5,8-13H2,1-4H3. The van der Waals surface area contributed by atoms with Crippen molar-refractivity contribution in [3.05, 3.63) is 41.7 Å². The fourth-order valence-corrected chi connectivity index (χ4v) is 4.22. The fourth-order valence-electron chi connectivity index (χ4n) is 3.63. The number of aryl methyl sites for hydroxylation is 2. The number of thioether (sulfide) groups is 1. The summed E-state index contributed by atoms with van der Waals surface area (Å²) in [5.41, 5.74) is 2.47. The molecule has 1 saturated heterocycles. The minimum Gasteiger partial charge on any atom is -0.492 e. The molecule has 1 aliphatic heterocycles. The number of hydrogen-bond donors (Lipinski definition) is 0. The molecule has 0 atom stereocenters. The van der Waals surface area contributed by atoms with Gasteiger partial charge in [0.25, 0.3) is 0 Å². The molecule has 28 heavy (non-hydrogen) atoms. The minimum atomic E-state index is 0.593. The molecule has 0 saturated carbocycles. The molecule has 0 amide bonds. The number of ether oxygens (including phenoxy) is 1. The van der Waals surface area contributed by atoms with E-state index in [2.05, 4.69) is 65.1 Å². The molecule has 1 aromatic heterocycles. The van der Waals surface area contributed by atoms with Gasteiger partial charge in [-0.25, -0.2) is 9.97 Å². The van der Waals surface area contributed by atoms with Crippen LogP contribution in [0.25, 0.3) is 0 Å². The second-order valence-electron chi connectivity index (χ2n) is 7.42. The smallest absolute Gasteiger partial charge is 0.225 e. The maximum absolute atomic E-state index is 5.98. The van der Waals surface area contributed by atoms with Gasteiger partial charge in [-0.05, 0) is 68.8 Å². The molecule has 5 nitrogen and oxygen atoms in total. The van der Waals surface area contributed by atoms with E-state index in [9.17, 15) is 0 Å². The van der Waals surface area contributed by atoms with Gasteiger partial charge in [0, 0.05) is 43.0 Å². The van der Waals surface area contributed by atoms with Crippen LogP contribution < -0.4 is 9.64 Å². The Kier molecular flexibility index (Phi) is 7.57. The third-order valence-electron chi connectivity index (χ3n) is 5.55. The van der Waals surface area contributed by atoms with E-state index in [4.69, 9.17) is 4.74 Å². The summed E-state index contributed by atoms with van der Waals surface area (Å²) in [5.74, 6) is 1.83. The van der Waals surface area contributed by atoms with Gasteiger partial charge in [0.2, 0.25) is 5.95 Å². The summed E-state index contributed by atoms with van der Waals surface area (Å²) in [5, 5.41) is 0. The van der Waals surface area contributed by atoms with Gasteiger partial charge in [0.15, 0.2) is 0 Å². The molecule has 1 fully saturated rings. The lowest BCUT2D eigenvalue weighted by molar-refractivity contribution is 0.170. The van der Waals surface area contributed by atoms with Crippen LogP contribution in [-0.2, 0) is 6.42 Å². The van der Waals surface area contributed by atoms with E-state index in [0.29, 0.717) is 6.04 Å². The summed E-state index contributed by atoms with van der Waals surface area (Å²) in [6, 6.07) is 6.94. The first kappa shape index (κ1) is 20.9. The Hall–Kier alpha value is -1.79. The Morgan fingerprint density at radius 2 is 1.93 bits per heavy atom. The summed E-state index contributed by atoms with van der Waals surface area (Å²) in [7, 11) is 2.21. The molecule has 6 heteroatoms. The van der Waals surface area contributed by atoms with Crippen LogP contribution in [0.15, 0.2) is 35.5 Å². The molecule has 0 spiro atoms. The fraction of sp³-hybridized carbons (Fsp3) is 0.545. The van der Waals surface area contributed by atoms with Crippen LogP contribution in [0.1, 0.15) is 30.9 Å². The average Bonchev–Trinajstić information content (AvgIpc) is 2.74. The van der Waals surface area contributed by atoms with E-state index in [1.807, 2.05) is 12.4 Å². The molecule has 2 aromatic rings.